The number of carboxylic acid groups (broad SMARTS) is 1. The first-order valence-electron chi connectivity index (χ1n) is 4.03. The zero-order chi connectivity index (χ0) is 10.0. The Morgan fingerprint density at radius 3 is 2.46 bits per heavy atom. The van der Waals surface area contributed by atoms with Gasteiger partial charge in [-0.1, -0.05) is 18.7 Å². The molecule has 0 atom stereocenters. The topological polar surface area (TPSA) is 37.3 Å². The molecule has 0 unspecified atom stereocenters. The first-order valence-corrected chi connectivity index (χ1v) is 4.03. The van der Waals surface area contributed by atoms with E-state index >= 15 is 0 Å². The molecule has 1 rings (SSSR count). The molecule has 0 aliphatic heterocycles. The number of carboxylic acids is 1. The maximum Gasteiger partial charge on any atom is 0.335 e. The first kappa shape index (κ1) is 9.52. The second-order valence-electron chi connectivity index (χ2n) is 3.03. The summed E-state index contributed by atoms with van der Waals surface area (Å²) in [6.07, 6.45) is 1.67. The molecule has 0 saturated carbocycles. The summed E-state index contributed by atoms with van der Waals surface area (Å²) in [5.74, 6) is -0.888. The van der Waals surface area contributed by atoms with Crippen LogP contribution in [-0.2, 0) is 0 Å². The van der Waals surface area contributed by atoms with Crippen molar-refractivity contribution in [1.29, 1.82) is 0 Å². The van der Waals surface area contributed by atoms with Gasteiger partial charge in [0, 0.05) is 0 Å². The van der Waals surface area contributed by atoms with E-state index in [1.807, 2.05) is 13.0 Å². The van der Waals surface area contributed by atoms with Gasteiger partial charge < -0.3 is 5.11 Å². The van der Waals surface area contributed by atoms with Crippen molar-refractivity contribution in [1.82, 2.24) is 0 Å². The molecule has 0 fully saturated rings. The third kappa shape index (κ3) is 1.78. The third-order valence-corrected chi connectivity index (χ3v) is 2.06. The van der Waals surface area contributed by atoms with Gasteiger partial charge in [-0.3, -0.25) is 0 Å². The van der Waals surface area contributed by atoms with Crippen LogP contribution in [0.1, 0.15) is 27.0 Å². The third-order valence-electron chi connectivity index (χ3n) is 2.06. The molecule has 2 heteroatoms. The summed E-state index contributed by atoms with van der Waals surface area (Å²) in [7, 11) is 0. The smallest absolute Gasteiger partial charge is 0.335 e. The minimum Gasteiger partial charge on any atom is -0.478 e. The van der Waals surface area contributed by atoms with Gasteiger partial charge in [-0.2, -0.15) is 0 Å². The molecule has 1 aromatic rings. The van der Waals surface area contributed by atoms with Gasteiger partial charge in [-0.15, -0.1) is 0 Å². The summed E-state index contributed by atoms with van der Waals surface area (Å²) in [5.41, 5.74) is 3.07. The van der Waals surface area contributed by atoms with Crippen LogP contribution in [-0.4, -0.2) is 11.1 Å². The molecule has 1 N–H and O–H groups in total. The normalized spacial score (nSPS) is 9.69. The average Bonchev–Trinajstić information content (AvgIpc) is 2.03. The molecule has 0 radical (unpaired) electrons. The summed E-state index contributed by atoms with van der Waals surface area (Å²) in [4.78, 5) is 10.8. The molecule has 1 aromatic carbocycles. The monoisotopic (exact) mass is 176 g/mol. The summed E-state index contributed by atoms with van der Waals surface area (Å²) in [5, 5.41) is 8.84. The number of benzene rings is 1. The minimum absolute atomic E-state index is 0.348. The lowest BCUT2D eigenvalue weighted by Crippen LogP contribution is -2.01. The molecule has 0 aliphatic rings. The van der Waals surface area contributed by atoms with Crippen molar-refractivity contribution in [3.63, 3.8) is 0 Å². The van der Waals surface area contributed by atoms with E-state index in [2.05, 4.69) is 6.58 Å². The van der Waals surface area contributed by atoms with Crippen molar-refractivity contribution in [2.24, 2.45) is 0 Å². The van der Waals surface area contributed by atoms with E-state index in [-0.39, 0.29) is 0 Å². The maximum absolute atomic E-state index is 10.8. The quantitative estimate of drug-likeness (QED) is 0.752. The Balaban J connectivity index is 3.38. The van der Waals surface area contributed by atoms with Gasteiger partial charge in [-0.05, 0) is 36.6 Å². The van der Waals surface area contributed by atoms with Crippen LogP contribution in [0.4, 0.5) is 0 Å². The van der Waals surface area contributed by atoms with E-state index in [1.54, 1.807) is 19.1 Å². The molecule has 0 aromatic heterocycles. The van der Waals surface area contributed by atoms with Gasteiger partial charge in [0.25, 0.3) is 0 Å². The first-order chi connectivity index (χ1) is 6.06. The van der Waals surface area contributed by atoms with E-state index in [0.717, 1.165) is 16.7 Å². The van der Waals surface area contributed by atoms with Crippen LogP contribution in [0.2, 0.25) is 0 Å². The van der Waals surface area contributed by atoms with Gasteiger partial charge in [-0.25, -0.2) is 4.79 Å². The predicted molar refractivity (Wildman–Crippen MR) is 53.0 cm³/mol. The van der Waals surface area contributed by atoms with Crippen LogP contribution >= 0.6 is 0 Å². The van der Waals surface area contributed by atoms with Gasteiger partial charge in [0.2, 0.25) is 0 Å². The highest BCUT2D eigenvalue weighted by molar-refractivity contribution is 5.90. The fourth-order valence-corrected chi connectivity index (χ4v) is 1.32. The molecule has 0 saturated heterocycles. The molecule has 68 valence electrons. The lowest BCUT2D eigenvalue weighted by atomic mass is 10.0. The number of aromatic carboxylic acids is 1. The van der Waals surface area contributed by atoms with E-state index < -0.39 is 5.97 Å². The Morgan fingerprint density at radius 1 is 1.38 bits per heavy atom. The summed E-state index contributed by atoms with van der Waals surface area (Å²) in [6, 6.07) is 3.51. The minimum atomic E-state index is -0.888. The van der Waals surface area contributed by atoms with Crippen LogP contribution in [0.25, 0.3) is 6.08 Å². The molecular weight excluding hydrogens is 164 g/mol. The molecule has 0 amide bonds. The molecule has 0 spiro atoms. The summed E-state index contributed by atoms with van der Waals surface area (Å²) in [6.45, 7) is 7.36. The predicted octanol–water partition coefficient (Wildman–Crippen LogP) is 2.64. The zero-order valence-corrected chi connectivity index (χ0v) is 7.79. The Hall–Kier alpha value is -1.57. The molecule has 0 aliphatic carbocycles. The van der Waals surface area contributed by atoms with Crippen molar-refractivity contribution in [3.8, 4) is 0 Å². The molecule has 13 heavy (non-hydrogen) atoms. The Labute approximate surface area is 77.5 Å². The van der Waals surface area contributed by atoms with Crippen LogP contribution in [0.3, 0.4) is 0 Å². The Kier molecular flexibility index (Phi) is 2.52. The number of hydrogen-bond donors (Lipinski definition) is 1. The van der Waals surface area contributed by atoms with Gasteiger partial charge in [0.15, 0.2) is 0 Å². The summed E-state index contributed by atoms with van der Waals surface area (Å²) < 4.78 is 0. The maximum atomic E-state index is 10.8. The SMILES string of the molecule is C=Cc1cc(C(=O)O)c(C)cc1C. The number of rotatable bonds is 2. The highest BCUT2D eigenvalue weighted by Crippen LogP contribution is 2.16. The second-order valence-corrected chi connectivity index (χ2v) is 3.03. The van der Waals surface area contributed by atoms with Crippen molar-refractivity contribution < 1.29 is 9.90 Å². The van der Waals surface area contributed by atoms with Crippen molar-refractivity contribution in [2.75, 3.05) is 0 Å². The average molecular weight is 176 g/mol. The lowest BCUT2D eigenvalue weighted by Gasteiger charge is -2.05. The molecule has 0 heterocycles. The highest BCUT2D eigenvalue weighted by atomic mass is 16.4. The Bertz CT molecular complexity index is 365. The molecule has 0 bridgehead atoms. The number of aryl methyl sites for hydroxylation is 2. The fourth-order valence-electron chi connectivity index (χ4n) is 1.32. The van der Waals surface area contributed by atoms with Gasteiger partial charge in [0.05, 0.1) is 5.56 Å². The van der Waals surface area contributed by atoms with E-state index in [4.69, 9.17) is 5.11 Å². The number of carbonyl (C=O) groups is 1. The Morgan fingerprint density at radius 2 is 2.00 bits per heavy atom. The largest absolute Gasteiger partial charge is 0.478 e. The fraction of sp³-hybridized carbons (Fsp3) is 0.182. The van der Waals surface area contributed by atoms with Crippen LogP contribution < -0.4 is 0 Å². The van der Waals surface area contributed by atoms with Gasteiger partial charge >= 0.3 is 5.97 Å². The van der Waals surface area contributed by atoms with E-state index in [9.17, 15) is 4.79 Å². The standard InChI is InChI=1S/C11H12O2/c1-4-9-6-10(11(12)13)8(3)5-7(9)2/h4-6H,1H2,2-3H3,(H,12,13). The van der Waals surface area contributed by atoms with Crippen molar-refractivity contribution in [3.05, 3.63) is 41.0 Å². The van der Waals surface area contributed by atoms with Gasteiger partial charge in [0.1, 0.15) is 0 Å². The van der Waals surface area contributed by atoms with Crippen molar-refractivity contribution >= 4 is 12.0 Å². The zero-order valence-electron chi connectivity index (χ0n) is 7.79. The summed E-state index contributed by atoms with van der Waals surface area (Å²) >= 11 is 0. The number of hydrogen-bond acceptors (Lipinski definition) is 1. The van der Waals surface area contributed by atoms with Crippen LogP contribution in [0.5, 0.6) is 0 Å². The molecular formula is C11H12O2. The molecule has 2 nitrogen and oxygen atoms in total. The van der Waals surface area contributed by atoms with Crippen molar-refractivity contribution in [2.45, 2.75) is 13.8 Å². The van der Waals surface area contributed by atoms with E-state index in [0.29, 0.717) is 5.56 Å². The lowest BCUT2D eigenvalue weighted by molar-refractivity contribution is 0.0696. The second kappa shape index (κ2) is 3.44. The van der Waals surface area contributed by atoms with Crippen LogP contribution in [0.15, 0.2) is 18.7 Å². The highest BCUT2D eigenvalue weighted by Gasteiger charge is 2.08. The van der Waals surface area contributed by atoms with E-state index in [1.165, 1.54) is 0 Å². The van der Waals surface area contributed by atoms with Crippen LogP contribution in [0, 0.1) is 13.8 Å².